The van der Waals surface area contributed by atoms with Crippen LogP contribution < -0.4 is 0 Å². The van der Waals surface area contributed by atoms with Crippen molar-refractivity contribution in [1.82, 2.24) is 0 Å². The van der Waals surface area contributed by atoms with Gasteiger partial charge in [0, 0.05) is 11.6 Å². The standard InChI is InChI=1S/C19H44O5Si4/c1-18(2)19(20)21-16-14-12-13-15-17-28(22-25(3,4)5,23-26(6,7)8)24-27(9,10)11/h1,12-17H2,2-11H3. The lowest BCUT2D eigenvalue weighted by Crippen LogP contribution is -2.60. The fourth-order valence-electron chi connectivity index (χ4n) is 2.70. The zero-order chi connectivity index (χ0) is 22.2. The Labute approximate surface area is 177 Å². The molecule has 0 aromatic rings. The van der Waals surface area contributed by atoms with Crippen LogP contribution in [-0.2, 0) is 21.9 Å². The second kappa shape index (κ2) is 11.4. The molecule has 28 heavy (non-hydrogen) atoms. The Morgan fingerprint density at radius 2 is 1.11 bits per heavy atom. The third-order valence-electron chi connectivity index (χ3n) is 3.34. The van der Waals surface area contributed by atoms with Crippen LogP contribution >= 0.6 is 0 Å². The van der Waals surface area contributed by atoms with E-state index >= 15 is 0 Å². The van der Waals surface area contributed by atoms with E-state index in [9.17, 15) is 4.79 Å². The average molecular weight is 465 g/mol. The van der Waals surface area contributed by atoms with Gasteiger partial charge in [0.15, 0.2) is 25.0 Å². The zero-order valence-electron chi connectivity index (χ0n) is 20.0. The Morgan fingerprint density at radius 1 is 0.714 bits per heavy atom. The van der Waals surface area contributed by atoms with E-state index < -0.39 is 33.8 Å². The molecule has 0 aromatic heterocycles. The molecule has 0 aliphatic rings. The molecule has 0 unspecified atom stereocenters. The van der Waals surface area contributed by atoms with Gasteiger partial charge in [0.2, 0.25) is 0 Å². The highest BCUT2D eigenvalue weighted by atomic mass is 28.5. The largest absolute Gasteiger partial charge is 0.469 e. The molecule has 0 saturated heterocycles. The molecule has 0 heterocycles. The van der Waals surface area contributed by atoms with Crippen LogP contribution in [0.2, 0.25) is 65.0 Å². The van der Waals surface area contributed by atoms with Gasteiger partial charge in [-0.2, -0.15) is 0 Å². The summed E-state index contributed by atoms with van der Waals surface area (Å²) in [6.45, 7) is 25.6. The van der Waals surface area contributed by atoms with E-state index in [0.29, 0.717) is 12.2 Å². The molecule has 5 nitrogen and oxygen atoms in total. The van der Waals surface area contributed by atoms with Crippen molar-refractivity contribution in [2.45, 2.75) is 97.6 Å². The molecule has 0 fully saturated rings. The predicted molar refractivity (Wildman–Crippen MR) is 128 cm³/mol. The van der Waals surface area contributed by atoms with Crippen molar-refractivity contribution in [1.29, 1.82) is 0 Å². The van der Waals surface area contributed by atoms with E-state index in [-0.39, 0.29) is 5.97 Å². The van der Waals surface area contributed by atoms with Gasteiger partial charge in [0.25, 0.3) is 0 Å². The van der Waals surface area contributed by atoms with Gasteiger partial charge in [-0.05, 0) is 78.7 Å². The van der Waals surface area contributed by atoms with Crippen LogP contribution in [0.25, 0.3) is 0 Å². The van der Waals surface area contributed by atoms with Crippen LogP contribution in [0.15, 0.2) is 12.2 Å². The number of rotatable bonds is 14. The summed E-state index contributed by atoms with van der Waals surface area (Å²) in [5.74, 6) is -0.304. The zero-order valence-corrected chi connectivity index (χ0v) is 24.0. The molecule has 0 rings (SSSR count). The lowest BCUT2D eigenvalue weighted by atomic mass is 10.2. The number of hydrogen-bond acceptors (Lipinski definition) is 5. The summed E-state index contributed by atoms with van der Waals surface area (Å²) in [5, 5.41) is 0. The first-order valence-corrected chi connectivity index (χ1v) is 22.5. The van der Waals surface area contributed by atoms with Crippen LogP contribution in [0.5, 0.6) is 0 Å². The second-order valence-electron chi connectivity index (χ2n) is 10.4. The van der Waals surface area contributed by atoms with Crippen molar-refractivity contribution in [2.24, 2.45) is 0 Å². The van der Waals surface area contributed by atoms with E-state index in [4.69, 9.17) is 17.1 Å². The minimum absolute atomic E-state index is 0.304. The van der Waals surface area contributed by atoms with E-state index in [1.165, 1.54) is 0 Å². The first-order chi connectivity index (χ1) is 12.4. The summed E-state index contributed by atoms with van der Waals surface area (Å²) in [7, 11) is -8.13. The van der Waals surface area contributed by atoms with Crippen molar-refractivity contribution >= 4 is 39.7 Å². The number of esters is 1. The maximum Gasteiger partial charge on any atom is 0.469 e. The fraction of sp³-hybridized carbons (Fsp3) is 0.842. The molecule has 9 heteroatoms. The summed E-state index contributed by atoms with van der Waals surface area (Å²) in [5.41, 5.74) is 0.450. The Morgan fingerprint density at radius 3 is 1.46 bits per heavy atom. The van der Waals surface area contributed by atoms with Crippen LogP contribution in [-0.4, -0.2) is 46.3 Å². The van der Waals surface area contributed by atoms with Crippen LogP contribution in [0.3, 0.4) is 0 Å². The Hall–Kier alpha value is -0.0425. The normalized spacial score (nSPS) is 13.5. The number of ether oxygens (including phenoxy) is 1. The van der Waals surface area contributed by atoms with Crippen molar-refractivity contribution in [3.05, 3.63) is 12.2 Å². The highest BCUT2D eigenvalue weighted by Crippen LogP contribution is 2.30. The van der Waals surface area contributed by atoms with E-state index in [0.717, 1.165) is 31.7 Å². The first-order valence-electron chi connectivity index (χ1n) is 10.4. The Bertz CT molecular complexity index is 463. The van der Waals surface area contributed by atoms with Crippen molar-refractivity contribution in [3.63, 3.8) is 0 Å². The average Bonchev–Trinajstić information content (AvgIpc) is 2.39. The molecule has 166 valence electrons. The lowest BCUT2D eigenvalue weighted by Gasteiger charge is -2.43. The molecule has 0 aliphatic heterocycles. The summed E-state index contributed by atoms with van der Waals surface area (Å²) in [4.78, 5) is 11.4. The predicted octanol–water partition coefficient (Wildman–Crippen LogP) is 6.16. The monoisotopic (exact) mass is 464 g/mol. The molecule has 0 bridgehead atoms. The summed E-state index contributed by atoms with van der Waals surface area (Å²) >= 11 is 0. The maximum atomic E-state index is 11.4. The molecule has 0 saturated carbocycles. The molecule has 0 atom stereocenters. The van der Waals surface area contributed by atoms with E-state index in [1.807, 2.05) is 0 Å². The summed E-state index contributed by atoms with van der Waals surface area (Å²) in [6, 6.07) is 0.872. The number of hydrogen-bond donors (Lipinski definition) is 0. The van der Waals surface area contributed by atoms with Crippen LogP contribution in [0.1, 0.15) is 32.6 Å². The molecule has 0 N–H and O–H groups in total. The van der Waals surface area contributed by atoms with Crippen LogP contribution in [0.4, 0.5) is 0 Å². The maximum absolute atomic E-state index is 11.4. The fourth-order valence-corrected chi connectivity index (χ4v) is 17.4. The van der Waals surface area contributed by atoms with Gasteiger partial charge in [0.1, 0.15) is 0 Å². The molecule has 0 aromatic carbocycles. The SMILES string of the molecule is C=C(C)C(=O)OCCCCCC[Si](O[Si](C)(C)C)(O[Si](C)(C)C)O[Si](C)(C)C. The first kappa shape index (κ1) is 28.0. The second-order valence-corrected chi connectivity index (χ2v) is 27.4. The molecule has 0 radical (unpaired) electrons. The molecule has 0 aliphatic carbocycles. The van der Waals surface area contributed by atoms with Crippen molar-refractivity contribution in [2.75, 3.05) is 6.61 Å². The number of unbranched alkanes of at least 4 members (excludes halogenated alkanes) is 3. The molecular formula is C19H44O5Si4. The Kier molecular flexibility index (Phi) is 11.4. The van der Waals surface area contributed by atoms with Gasteiger partial charge in [-0.3, -0.25) is 0 Å². The van der Waals surface area contributed by atoms with Gasteiger partial charge in [0.05, 0.1) is 6.61 Å². The van der Waals surface area contributed by atoms with Crippen molar-refractivity contribution < 1.29 is 21.9 Å². The quantitative estimate of drug-likeness (QED) is 0.133. The molecule has 0 amide bonds. The van der Waals surface area contributed by atoms with Crippen LogP contribution in [0, 0.1) is 0 Å². The molecule has 0 spiro atoms. The van der Waals surface area contributed by atoms with Gasteiger partial charge >= 0.3 is 14.8 Å². The minimum atomic E-state index is -2.71. The van der Waals surface area contributed by atoms with Gasteiger partial charge in [-0.25, -0.2) is 4.79 Å². The summed E-state index contributed by atoms with van der Waals surface area (Å²) < 4.78 is 25.2. The van der Waals surface area contributed by atoms with E-state index in [2.05, 4.69) is 65.5 Å². The third kappa shape index (κ3) is 14.9. The minimum Gasteiger partial charge on any atom is -0.462 e. The third-order valence-corrected chi connectivity index (χ3v) is 15.4. The topological polar surface area (TPSA) is 54.0 Å². The number of carbonyl (C=O) groups excluding carboxylic acids is 1. The summed E-state index contributed by atoms with van der Waals surface area (Å²) in [6.07, 6.45) is 3.95. The lowest BCUT2D eigenvalue weighted by molar-refractivity contribution is -0.139. The highest BCUT2D eigenvalue weighted by Gasteiger charge is 2.49. The van der Waals surface area contributed by atoms with Gasteiger partial charge in [-0.1, -0.05) is 19.4 Å². The van der Waals surface area contributed by atoms with Gasteiger partial charge in [-0.15, -0.1) is 0 Å². The smallest absolute Gasteiger partial charge is 0.462 e. The van der Waals surface area contributed by atoms with Crippen molar-refractivity contribution in [3.8, 4) is 0 Å². The highest BCUT2D eigenvalue weighted by molar-refractivity contribution is 6.90. The van der Waals surface area contributed by atoms with E-state index in [1.54, 1.807) is 6.92 Å². The molecular weight excluding hydrogens is 421 g/mol. The number of carbonyl (C=O) groups is 1. The Balaban J connectivity index is 4.87. The van der Waals surface area contributed by atoms with Gasteiger partial charge < -0.3 is 17.1 Å².